The summed E-state index contributed by atoms with van der Waals surface area (Å²) in [7, 11) is 0. The molecule has 0 bridgehead atoms. The number of nitrogens with one attached hydrogen (secondary N) is 2. The summed E-state index contributed by atoms with van der Waals surface area (Å²) in [5, 5.41) is 4.31. The Hall–Kier alpha value is -3.84. The highest BCUT2D eigenvalue weighted by atomic mass is 32.2. The van der Waals surface area contributed by atoms with Gasteiger partial charge >= 0.3 is 0 Å². The SMILES string of the molecule is Cc1ccccc1-n1c(SCC(=O)NCc2ccccc2)nc2c([nH]c3ccccc32)c1=O. The van der Waals surface area contributed by atoms with Gasteiger partial charge < -0.3 is 10.3 Å². The molecule has 33 heavy (non-hydrogen) atoms. The number of thioether (sulfide) groups is 1. The third-order valence-electron chi connectivity index (χ3n) is 5.52. The van der Waals surface area contributed by atoms with Crippen molar-refractivity contribution in [3.8, 4) is 5.69 Å². The topological polar surface area (TPSA) is 79.8 Å². The van der Waals surface area contributed by atoms with E-state index in [4.69, 9.17) is 4.98 Å². The van der Waals surface area contributed by atoms with Crippen molar-refractivity contribution < 1.29 is 4.79 Å². The molecule has 0 radical (unpaired) electrons. The molecule has 2 N–H and O–H groups in total. The summed E-state index contributed by atoms with van der Waals surface area (Å²) in [6.07, 6.45) is 0. The molecule has 2 heterocycles. The number of nitrogens with zero attached hydrogens (tertiary/aromatic N) is 2. The molecule has 0 atom stereocenters. The van der Waals surface area contributed by atoms with Crippen molar-refractivity contribution in [2.75, 3.05) is 5.75 Å². The minimum Gasteiger partial charge on any atom is -0.351 e. The molecule has 0 aliphatic rings. The van der Waals surface area contributed by atoms with Crippen LogP contribution in [0.1, 0.15) is 11.1 Å². The van der Waals surface area contributed by atoms with Crippen LogP contribution in [0.15, 0.2) is 88.8 Å². The van der Waals surface area contributed by atoms with E-state index in [1.54, 1.807) is 4.57 Å². The summed E-state index contributed by atoms with van der Waals surface area (Å²) in [5.74, 6) is 0.0346. The Morgan fingerprint density at radius 3 is 2.55 bits per heavy atom. The molecule has 0 aliphatic heterocycles. The molecule has 6 nitrogen and oxygen atoms in total. The molecule has 164 valence electrons. The first kappa shape index (κ1) is 21.0. The largest absolute Gasteiger partial charge is 0.351 e. The van der Waals surface area contributed by atoms with Gasteiger partial charge in [0.15, 0.2) is 5.16 Å². The number of benzene rings is 3. The second-order valence-electron chi connectivity index (χ2n) is 7.77. The Bertz CT molecular complexity index is 1520. The molecule has 0 unspecified atom stereocenters. The van der Waals surface area contributed by atoms with Crippen LogP contribution in [0.25, 0.3) is 27.6 Å². The second kappa shape index (κ2) is 8.96. The predicted molar refractivity (Wildman–Crippen MR) is 133 cm³/mol. The molecule has 2 aromatic heterocycles. The average Bonchev–Trinajstić information content (AvgIpc) is 3.22. The molecule has 3 aromatic carbocycles. The zero-order chi connectivity index (χ0) is 22.8. The number of fused-ring (bicyclic) bond motifs is 3. The molecule has 0 aliphatic carbocycles. The average molecular weight is 455 g/mol. The first-order valence-electron chi connectivity index (χ1n) is 10.6. The van der Waals surface area contributed by atoms with Gasteiger partial charge in [0.05, 0.1) is 11.4 Å². The van der Waals surface area contributed by atoms with Crippen molar-refractivity contribution >= 4 is 39.6 Å². The van der Waals surface area contributed by atoms with E-state index in [9.17, 15) is 9.59 Å². The monoisotopic (exact) mass is 454 g/mol. The molecule has 0 spiro atoms. The molecule has 5 rings (SSSR count). The quantitative estimate of drug-likeness (QED) is 0.291. The molecular weight excluding hydrogens is 432 g/mol. The van der Waals surface area contributed by atoms with Crippen LogP contribution in [0.3, 0.4) is 0 Å². The van der Waals surface area contributed by atoms with E-state index in [0.717, 1.165) is 27.7 Å². The number of aromatic nitrogens is 3. The van der Waals surface area contributed by atoms with Crippen LogP contribution in [0, 0.1) is 6.92 Å². The first-order valence-corrected chi connectivity index (χ1v) is 11.6. The fourth-order valence-corrected chi connectivity index (χ4v) is 4.67. The molecular formula is C26H22N4O2S. The summed E-state index contributed by atoms with van der Waals surface area (Å²) in [6.45, 7) is 2.41. The maximum absolute atomic E-state index is 13.6. The predicted octanol–water partition coefficient (Wildman–Crippen LogP) is 4.58. The molecule has 0 saturated carbocycles. The molecule has 1 amide bonds. The lowest BCUT2D eigenvalue weighted by Crippen LogP contribution is -2.26. The van der Waals surface area contributed by atoms with Crippen LogP contribution >= 0.6 is 11.8 Å². The Morgan fingerprint density at radius 1 is 1.00 bits per heavy atom. The number of rotatable bonds is 6. The van der Waals surface area contributed by atoms with E-state index in [2.05, 4.69) is 10.3 Å². The third kappa shape index (κ3) is 4.15. The van der Waals surface area contributed by atoms with E-state index < -0.39 is 0 Å². The van der Waals surface area contributed by atoms with Gasteiger partial charge in [-0.3, -0.25) is 14.2 Å². The van der Waals surface area contributed by atoms with E-state index in [1.165, 1.54) is 11.8 Å². The van der Waals surface area contributed by atoms with Crippen LogP contribution in [0.5, 0.6) is 0 Å². The fraction of sp³-hybridized carbons (Fsp3) is 0.115. The maximum atomic E-state index is 13.6. The van der Waals surface area contributed by atoms with E-state index in [-0.39, 0.29) is 17.2 Å². The van der Waals surface area contributed by atoms with Gasteiger partial charge in [-0.05, 0) is 30.2 Å². The summed E-state index contributed by atoms with van der Waals surface area (Å²) in [5.41, 5.74) is 4.49. The number of H-pyrrole nitrogens is 1. The fourth-order valence-electron chi connectivity index (χ4n) is 3.84. The van der Waals surface area contributed by atoms with E-state index in [0.29, 0.717) is 22.7 Å². The van der Waals surface area contributed by atoms with Gasteiger partial charge in [0.2, 0.25) is 5.91 Å². The highest BCUT2D eigenvalue weighted by Gasteiger charge is 2.18. The second-order valence-corrected chi connectivity index (χ2v) is 8.71. The van der Waals surface area contributed by atoms with E-state index >= 15 is 0 Å². The highest BCUT2D eigenvalue weighted by molar-refractivity contribution is 7.99. The standard InChI is InChI=1S/C26H22N4O2S/c1-17-9-5-8-14-21(17)30-25(32)24-23(19-12-6-7-13-20(19)28-24)29-26(30)33-16-22(31)27-15-18-10-3-2-4-11-18/h2-14,28H,15-16H2,1H3,(H,27,31). The van der Waals surface area contributed by atoms with Crippen molar-refractivity contribution in [1.29, 1.82) is 0 Å². The van der Waals surface area contributed by atoms with Crippen molar-refractivity contribution in [3.63, 3.8) is 0 Å². The number of para-hydroxylation sites is 2. The highest BCUT2D eigenvalue weighted by Crippen LogP contribution is 2.27. The number of aryl methyl sites for hydroxylation is 1. The lowest BCUT2D eigenvalue weighted by Gasteiger charge is -2.14. The van der Waals surface area contributed by atoms with Crippen molar-refractivity contribution in [2.45, 2.75) is 18.6 Å². The molecule has 0 fully saturated rings. The third-order valence-corrected chi connectivity index (χ3v) is 6.45. The molecule has 5 aromatic rings. The van der Waals surface area contributed by atoms with Crippen molar-refractivity contribution in [2.24, 2.45) is 0 Å². The number of hydrogen-bond acceptors (Lipinski definition) is 4. The Kier molecular flexibility index (Phi) is 5.71. The molecule has 7 heteroatoms. The number of hydrogen-bond donors (Lipinski definition) is 2. The minimum absolute atomic E-state index is 0.117. The number of aromatic amines is 1. The van der Waals surface area contributed by atoms with Crippen LogP contribution in [0.2, 0.25) is 0 Å². The summed E-state index contributed by atoms with van der Waals surface area (Å²) in [4.78, 5) is 34.2. The first-order chi connectivity index (χ1) is 16.1. The van der Waals surface area contributed by atoms with Crippen LogP contribution in [-0.4, -0.2) is 26.2 Å². The number of carbonyl (C=O) groups is 1. The van der Waals surface area contributed by atoms with Crippen molar-refractivity contribution in [3.05, 3.63) is 100 Å². The lowest BCUT2D eigenvalue weighted by atomic mass is 10.2. The Balaban J connectivity index is 1.52. The molecule has 0 saturated heterocycles. The van der Waals surface area contributed by atoms with Gasteiger partial charge in [-0.15, -0.1) is 0 Å². The van der Waals surface area contributed by atoms with Gasteiger partial charge in [-0.2, -0.15) is 0 Å². The van der Waals surface area contributed by atoms with Crippen LogP contribution in [-0.2, 0) is 11.3 Å². The van der Waals surface area contributed by atoms with Crippen molar-refractivity contribution in [1.82, 2.24) is 19.9 Å². The van der Waals surface area contributed by atoms with Crippen LogP contribution < -0.4 is 10.9 Å². The van der Waals surface area contributed by atoms with Crippen LogP contribution in [0.4, 0.5) is 0 Å². The smallest absolute Gasteiger partial charge is 0.283 e. The zero-order valence-electron chi connectivity index (χ0n) is 18.0. The zero-order valence-corrected chi connectivity index (χ0v) is 18.9. The number of amides is 1. The van der Waals surface area contributed by atoms with Gasteiger partial charge in [0, 0.05) is 17.4 Å². The van der Waals surface area contributed by atoms with Gasteiger partial charge in [-0.25, -0.2) is 4.98 Å². The summed E-state index contributed by atoms with van der Waals surface area (Å²) >= 11 is 1.26. The Labute approximate surface area is 194 Å². The van der Waals surface area contributed by atoms with E-state index in [1.807, 2.05) is 85.8 Å². The lowest BCUT2D eigenvalue weighted by molar-refractivity contribution is -0.118. The number of carbonyl (C=O) groups excluding carboxylic acids is 1. The normalized spacial score (nSPS) is 11.2. The van der Waals surface area contributed by atoms with Gasteiger partial charge in [-0.1, -0.05) is 78.5 Å². The summed E-state index contributed by atoms with van der Waals surface area (Å²) < 4.78 is 1.60. The maximum Gasteiger partial charge on any atom is 0.283 e. The van der Waals surface area contributed by atoms with Gasteiger partial charge in [0.1, 0.15) is 11.0 Å². The summed E-state index contributed by atoms with van der Waals surface area (Å²) in [6, 6.07) is 25.2. The van der Waals surface area contributed by atoms with Gasteiger partial charge in [0.25, 0.3) is 5.56 Å². The minimum atomic E-state index is -0.183. The Morgan fingerprint density at radius 2 is 1.73 bits per heavy atom.